The molecular weight excluding hydrogens is 468 g/mol. The zero-order chi connectivity index (χ0) is 25.5. The molecular formula is C25H40N4O5S. The van der Waals surface area contributed by atoms with E-state index in [-0.39, 0.29) is 41.7 Å². The van der Waals surface area contributed by atoms with E-state index in [1.165, 1.54) is 16.9 Å². The molecule has 2 saturated heterocycles. The van der Waals surface area contributed by atoms with Crippen LogP contribution < -0.4 is 5.32 Å². The average molecular weight is 509 g/mol. The molecule has 1 saturated carbocycles. The van der Waals surface area contributed by atoms with Crippen molar-refractivity contribution in [3.8, 4) is 0 Å². The Kier molecular flexibility index (Phi) is 7.48. The van der Waals surface area contributed by atoms with E-state index in [9.17, 15) is 9.90 Å². The number of nitrogens with zero attached hydrogens (tertiary/aromatic N) is 3. The number of amides is 1. The van der Waals surface area contributed by atoms with Crippen LogP contribution >= 0.6 is 11.3 Å². The van der Waals surface area contributed by atoms with Crippen molar-refractivity contribution in [1.82, 2.24) is 15.1 Å². The van der Waals surface area contributed by atoms with Gasteiger partial charge in [-0.25, -0.2) is 4.79 Å². The molecule has 1 amide bonds. The molecule has 3 aliphatic rings. The molecule has 1 spiro atoms. The Bertz CT molecular complexity index is 944. The molecule has 4 rings (SSSR count). The van der Waals surface area contributed by atoms with E-state index in [0.29, 0.717) is 19.4 Å². The molecule has 0 bridgehead atoms. The maximum absolute atomic E-state index is 12.8. The fraction of sp³-hybridized carbons (Fsp3) is 0.800. The molecule has 196 valence electrons. The monoisotopic (exact) mass is 508 g/mol. The van der Waals surface area contributed by atoms with E-state index in [4.69, 9.17) is 14.2 Å². The Morgan fingerprint density at radius 1 is 1.40 bits per heavy atom. The van der Waals surface area contributed by atoms with Gasteiger partial charge in [0.15, 0.2) is 0 Å². The molecule has 3 heterocycles. The first-order chi connectivity index (χ1) is 16.6. The molecule has 9 nitrogen and oxygen atoms in total. The standard InChI is InChI=1S/C25H40N4O5S/c1-14(2)8-9-18-24(5,34-18)21-20(32-7)16(10-11-25(21)13-33-25)29(23(30)31)17(15(3)4)12-19-27-28-22(26-6)35-19/h8,15-18,20-21H,9-13H2,1-7H3,(H,26,28)(H,30,31)/t16-,17?,18-,20-,21-,24+,25+/m1/s1. The van der Waals surface area contributed by atoms with Gasteiger partial charge in [0, 0.05) is 32.5 Å². The second-order valence-electron chi connectivity index (χ2n) is 10.9. The Hall–Kier alpha value is -1.75. The van der Waals surface area contributed by atoms with Crippen molar-refractivity contribution < 1.29 is 24.1 Å². The Morgan fingerprint density at radius 2 is 2.11 bits per heavy atom. The van der Waals surface area contributed by atoms with Crippen LogP contribution in [0.4, 0.5) is 9.93 Å². The van der Waals surface area contributed by atoms with Crippen LogP contribution in [-0.4, -0.2) is 82.6 Å². The Balaban J connectivity index is 1.63. The number of allylic oxidation sites excluding steroid dienone is 1. The van der Waals surface area contributed by atoms with Crippen molar-refractivity contribution in [2.45, 2.75) is 95.8 Å². The average Bonchev–Trinajstić information content (AvgIpc) is 3.66. The van der Waals surface area contributed by atoms with E-state index in [1.807, 2.05) is 0 Å². The lowest BCUT2D eigenvalue weighted by Crippen LogP contribution is -2.63. The third-order valence-electron chi connectivity index (χ3n) is 8.03. The van der Waals surface area contributed by atoms with Gasteiger partial charge < -0.3 is 24.6 Å². The van der Waals surface area contributed by atoms with Gasteiger partial charge in [-0.15, -0.1) is 10.2 Å². The van der Waals surface area contributed by atoms with Crippen LogP contribution in [0.1, 0.15) is 58.9 Å². The lowest BCUT2D eigenvalue weighted by atomic mass is 9.67. The highest BCUT2D eigenvalue weighted by molar-refractivity contribution is 7.15. The molecule has 2 aliphatic heterocycles. The summed E-state index contributed by atoms with van der Waals surface area (Å²) in [4.78, 5) is 14.4. The van der Waals surface area contributed by atoms with Crippen molar-refractivity contribution in [3.63, 3.8) is 0 Å². The van der Waals surface area contributed by atoms with Crippen LogP contribution in [0.3, 0.4) is 0 Å². The highest BCUT2D eigenvalue weighted by Gasteiger charge is 2.72. The van der Waals surface area contributed by atoms with Gasteiger partial charge in [-0.1, -0.05) is 36.8 Å². The van der Waals surface area contributed by atoms with Gasteiger partial charge in [-0.3, -0.25) is 4.90 Å². The fourth-order valence-electron chi connectivity index (χ4n) is 6.06. The van der Waals surface area contributed by atoms with Crippen LogP contribution in [0.15, 0.2) is 11.6 Å². The van der Waals surface area contributed by atoms with Gasteiger partial charge >= 0.3 is 6.09 Å². The number of hydrogen-bond acceptors (Lipinski definition) is 8. The molecule has 1 aromatic rings. The maximum atomic E-state index is 12.8. The molecule has 2 N–H and O–H groups in total. The summed E-state index contributed by atoms with van der Waals surface area (Å²) in [7, 11) is 3.50. The minimum absolute atomic E-state index is 0.0404. The number of anilines is 1. The molecule has 35 heavy (non-hydrogen) atoms. The van der Waals surface area contributed by atoms with Crippen LogP contribution in [0.5, 0.6) is 0 Å². The van der Waals surface area contributed by atoms with Gasteiger partial charge in [-0.2, -0.15) is 0 Å². The number of carboxylic acid groups (broad SMARTS) is 1. The zero-order valence-electron chi connectivity index (χ0n) is 21.9. The number of rotatable bonds is 10. The van der Waals surface area contributed by atoms with E-state index in [2.05, 4.69) is 56.2 Å². The molecule has 0 radical (unpaired) electrons. The van der Waals surface area contributed by atoms with E-state index >= 15 is 0 Å². The van der Waals surface area contributed by atoms with Gasteiger partial charge in [0.25, 0.3) is 0 Å². The van der Waals surface area contributed by atoms with Crippen LogP contribution in [-0.2, 0) is 20.6 Å². The quantitative estimate of drug-likeness (QED) is 0.357. The summed E-state index contributed by atoms with van der Waals surface area (Å²) in [5.74, 6) is 0.0524. The van der Waals surface area contributed by atoms with Gasteiger partial charge in [0.05, 0.1) is 30.5 Å². The second-order valence-corrected chi connectivity index (χ2v) is 12.0. The van der Waals surface area contributed by atoms with E-state index in [0.717, 1.165) is 23.0 Å². The predicted octanol–water partition coefficient (Wildman–Crippen LogP) is 4.20. The van der Waals surface area contributed by atoms with Crippen molar-refractivity contribution in [1.29, 1.82) is 0 Å². The summed E-state index contributed by atoms with van der Waals surface area (Å²) in [6.45, 7) is 11.1. The topological polar surface area (TPSA) is 113 Å². The molecule has 1 aromatic heterocycles. The first kappa shape index (κ1) is 26.3. The van der Waals surface area contributed by atoms with Gasteiger partial charge in [-0.05, 0) is 46.0 Å². The molecule has 1 aliphatic carbocycles. The summed E-state index contributed by atoms with van der Waals surface area (Å²) < 4.78 is 18.5. The lowest BCUT2D eigenvalue weighted by Gasteiger charge is -2.49. The Morgan fingerprint density at radius 3 is 2.63 bits per heavy atom. The number of carbonyl (C=O) groups is 1. The minimum atomic E-state index is -0.927. The Labute approximate surface area is 212 Å². The van der Waals surface area contributed by atoms with Crippen LogP contribution in [0.2, 0.25) is 0 Å². The third-order valence-corrected chi connectivity index (χ3v) is 8.99. The van der Waals surface area contributed by atoms with Crippen molar-refractivity contribution in [2.75, 3.05) is 26.1 Å². The molecule has 7 atom stereocenters. The number of methoxy groups -OCH3 is 1. The zero-order valence-corrected chi connectivity index (χ0v) is 22.7. The van der Waals surface area contributed by atoms with Crippen LogP contribution in [0, 0.1) is 11.8 Å². The summed E-state index contributed by atoms with van der Waals surface area (Å²) in [5, 5.41) is 23.5. The normalized spacial score (nSPS) is 34.5. The first-order valence-corrected chi connectivity index (χ1v) is 13.4. The second kappa shape index (κ2) is 9.95. The van der Waals surface area contributed by atoms with Gasteiger partial charge in [0.1, 0.15) is 10.6 Å². The van der Waals surface area contributed by atoms with E-state index < -0.39 is 11.7 Å². The summed E-state index contributed by atoms with van der Waals surface area (Å²) in [6, 6.07) is -0.552. The molecule has 3 fully saturated rings. The van der Waals surface area contributed by atoms with Gasteiger partial charge in [0.2, 0.25) is 5.13 Å². The smallest absolute Gasteiger partial charge is 0.407 e. The first-order valence-electron chi connectivity index (χ1n) is 12.6. The lowest BCUT2D eigenvalue weighted by molar-refractivity contribution is -0.101. The maximum Gasteiger partial charge on any atom is 0.407 e. The summed E-state index contributed by atoms with van der Waals surface area (Å²) in [6.07, 6.45) is 3.88. The fourth-order valence-corrected chi connectivity index (χ4v) is 6.80. The van der Waals surface area contributed by atoms with Crippen LogP contribution in [0.25, 0.3) is 0 Å². The largest absolute Gasteiger partial charge is 0.465 e. The minimum Gasteiger partial charge on any atom is -0.465 e. The highest BCUT2D eigenvalue weighted by atomic mass is 32.1. The van der Waals surface area contributed by atoms with E-state index in [1.54, 1.807) is 19.1 Å². The number of ether oxygens (including phenoxy) is 3. The molecule has 1 unspecified atom stereocenters. The van der Waals surface area contributed by atoms with Crippen molar-refractivity contribution >= 4 is 22.6 Å². The summed E-state index contributed by atoms with van der Waals surface area (Å²) >= 11 is 1.46. The number of epoxide rings is 2. The molecule has 10 heteroatoms. The summed E-state index contributed by atoms with van der Waals surface area (Å²) in [5.41, 5.74) is 0.574. The van der Waals surface area contributed by atoms with Crippen molar-refractivity contribution in [2.24, 2.45) is 11.8 Å². The number of aromatic nitrogens is 2. The molecule has 0 aromatic carbocycles. The number of hydrogen-bond donors (Lipinski definition) is 2. The third kappa shape index (κ3) is 5.08. The highest BCUT2D eigenvalue weighted by Crippen LogP contribution is 2.60. The number of nitrogens with one attached hydrogen (secondary N) is 1. The SMILES string of the molecule is CNc1nnc(CC(C(C)C)N(C(=O)O)[C@@H]2CC[C@]3(CO3)[C@@H]([C@@]3(C)O[C@@H]3CC=C(C)C)[C@@H]2OC)s1. The predicted molar refractivity (Wildman–Crippen MR) is 135 cm³/mol. The van der Waals surface area contributed by atoms with Crippen molar-refractivity contribution in [3.05, 3.63) is 16.7 Å².